The van der Waals surface area contributed by atoms with Crippen molar-refractivity contribution in [2.24, 2.45) is 0 Å². The predicted molar refractivity (Wildman–Crippen MR) is 103 cm³/mol. The summed E-state index contributed by atoms with van der Waals surface area (Å²) in [5.41, 5.74) is 2.70. The van der Waals surface area contributed by atoms with E-state index in [0.29, 0.717) is 36.0 Å². The Morgan fingerprint density at radius 3 is 2.68 bits per heavy atom. The molecule has 2 aromatic carbocycles. The van der Waals surface area contributed by atoms with Crippen molar-refractivity contribution in [3.8, 4) is 17.2 Å². The lowest BCUT2D eigenvalue weighted by molar-refractivity contribution is 0.0933. The van der Waals surface area contributed by atoms with Gasteiger partial charge in [0.2, 0.25) is 5.75 Å². The van der Waals surface area contributed by atoms with E-state index < -0.39 is 0 Å². The maximum absolute atomic E-state index is 13.1. The fraction of sp³-hybridized carbons (Fsp3) is 0.318. The molecule has 0 saturated heterocycles. The smallest absolute Gasteiger partial charge is 0.251 e. The molecule has 28 heavy (non-hydrogen) atoms. The van der Waals surface area contributed by atoms with Gasteiger partial charge < -0.3 is 19.5 Å². The molecule has 1 aliphatic carbocycles. The Bertz CT molecular complexity index is 890. The van der Waals surface area contributed by atoms with Gasteiger partial charge in [-0.15, -0.1) is 0 Å². The van der Waals surface area contributed by atoms with Crippen LogP contribution in [0, 0.1) is 5.82 Å². The van der Waals surface area contributed by atoms with Crippen LogP contribution in [0.25, 0.3) is 5.57 Å². The molecule has 2 aromatic rings. The Morgan fingerprint density at radius 2 is 1.96 bits per heavy atom. The number of benzene rings is 2. The highest BCUT2D eigenvalue weighted by Crippen LogP contribution is 2.40. The number of fused-ring (bicyclic) bond motifs is 1. The molecule has 1 aliphatic heterocycles. The lowest BCUT2D eigenvalue weighted by atomic mass is 9.90. The number of hydrogen-bond acceptors (Lipinski definition) is 4. The van der Waals surface area contributed by atoms with Gasteiger partial charge in [-0.25, -0.2) is 4.39 Å². The third-order valence-corrected chi connectivity index (χ3v) is 5.05. The lowest BCUT2D eigenvalue weighted by Gasteiger charge is -2.24. The number of nitrogens with one attached hydrogen (secondary N) is 1. The molecular formula is C22H22FNO4. The highest BCUT2D eigenvalue weighted by atomic mass is 19.1. The Morgan fingerprint density at radius 1 is 1.18 bits per heavy atom. The second-order valence-electron chi connectivity index (χ2n) is 6.88. The molecule has 4 rings (SSSR count). The number of methoxy groups -OCH3 is 1. The Kier molecular flexibility index (Phi) is 5.19. The molecule has 0 bridgehead atoms. The summed E-state index contributed by atoms with van der Waals surface area (Å²) in [4.78, 5) is 12.7. The number of ether oxygens (including phenoxy) is 3. The minimum absolute atomic E-state index is 0.0518. The van der Waals surface area contributed by atoms with Crippen molar-refractivity contribution in [1.29, 1.82) is 0 Å². The first-order valence-electron chi connectivity index (χ1n) is 9.37. The van der Waals surface area contributed by atoms with Gasteiger partial charge in [-0.1, -0.05) is 18.2 Å². The number of hydrogen-bond donors (Lipinski definition) is 1. The van der Waals surface area contributed by atoms with E-state index in [1.807, 2.05) is 0 Å². The molecule has 6 heteroatoms. The van der Waals surface area contributed by atoms with Crippen LogP contribution in [0.2, 0.25) is 0 Å². The van der Waals surface area contributed by atoms with Crippen LogP contribution >= 0.6 is 0 Å². The fourth-order valence-electron chi connectivity index (χ4n) is 3.56. The van der Waals surface area contributed by atoms with Gasteiger partial charge in [0.15, 0.2) is 11.5 Å². The zero-order chi connectivity index (χ0) is 19.5. The minimum atomic E-state index is -0.236. The first-order chi connectivity index (χ1) is 13.6. The monoisotopic (exact) mass is 383 g/mol. The second kappa shape index (κ2) is 7.92. The van der Waals surface area contributed by atoms with E-state index in [4.69, 9.17) is 14.2 Å². The van der Waals surface area contributed by atoms with Crippen molar-refractivity contribution in [1.82, 2.24) is 5.32 Å². The van der Waals surface area contributed by atoms with Gasteiger partial charge in [-0.05, 0) is 54.7 Å². The SMILES string of the molecule is COc1cc(C(=O)N[C@H]2CC=C(c3ccc(F)cc3)CC2)cc2c1OCCO2. The van der Waals surface area contributed by atoms with Gasteiger partial charge >= 0.3 is 0 Å². The highest BCUT2D eigenvalue weighted by molar-refractivity contribution is 5.96. The third-order valence-electron chi connectivity index (χ3n) is 5.05. The van der Waals surface area contributed by atoms with Crippen LogP contribution in [0.3, 0.4) is 0 Å². The first kappa shape index (κ1) is 18.3. The van der Waals surface area contributed by atoms with Crippen LogP contribution in [-0.2, 0) is 0 Å². The molecular weight excluding hydrogens is 361 g/mol. The minimum Gasteiger partial charge on any atom is -0.493 e. The van der Waals surface area contributed by atoms with E-state index in [-0.39, 0.29) is 17.8 Å². The van der Waals surface area contributed by atoms with E-state index in [0.717, 1.165) is 24.8 Å². The average Bonchev–Trinajstić information content (AvgIpc) is 2.74. The summed E-state index contributed by atoms with van der Waals surface area (Å²) in [5, 5.41) is 3.08. The summed E-state index contributed by atoms with van der Waals surface area (Å²) in [6, 6.07) is 9.94. The number of allylic oxidation sites excluding steroid dienone is 1. The molecule has 1 amide bonds. The molecule has 146 valence electrons. The van der Waals surface area contributed by atoms with Crippen molar-refractivity contribution < 1.29 is 23.4 Å². The van der Waals surface area contributed by atoms with Gasteiger partial charge in [-0.2, -0.15) is 0 Å². The largest absolute Gasteiger partial charge is 0.493 e. The molecule has 1 heterocycles. The van der Waals surface area contributed by atoms with E-state index >= 15 is 0 Å². The number of rotatable bonds is 4. The van der Waals surface area contributed by atoms with Crippen LogP contribution in [0.15, 0.2) is 42.5 Å². The van der Waals surface area contributed by atoms with Gasteiger partial charge in [-0.3, -0.25) is 4.79 Å². The molecule has 0 spiro atoms. The predicted octanol–water partition coefficient (Wildman–Crippen LogP) is 3.97. The Labute approximate surface area is 163 Å². The van der Waals surface area contributed by atoms with E-state index in [1.54, 1.807) is 24.3 Å². The van der Waals surface area contributed by atoms with Crippen molar-refractivity contribution in [3.05, 3.63) is 59.4 Å². The molecule has 0 saturated carbocycles. The van der Waals surface area contributed by atoms with Crippen LogP contribution in [0.5, 0.6) is 17.2 Å². The molecule has 0 aromatic heterocycles. The summed E-state index contributed by atoms with van der Waals surface area (Å²) in [5.74, 6) is 1.15. The second-order valence-corrected chi connectivity index (χ2v) is 6.88. The molecule has 2 aliphatic rings. The van der Waals surface area contributed by atoms with Crippen molar-refractivity contribution in [2.45, 2.75) is 25.3 Å². The van der Waals surface area contributed by atoms with Gasteiger partial charge in [0, 0.05) is 11.6 Å². The Hall–Kier alpha value is -3.02. The molecule has 5 nitrogen and oxygen atoms in total. The molecule has 1 atom stereocenters. The normalized spacial score (nSPS) is 18.2. The zero-order valence-electron chi connectivity index (χ0n) is 15.7. The number of carbonyl (C=O) groups excluding carboxylic acids is 1. The topological polar surface area (TPSA) is 56.8 Å². The molecule has 0 radical (unpaired) electrons. The summed E-state index contributed by atoms with van der Waals surface area (Å²) in [6.07, 6.45) is 4.52. The molecule has 0 fully saturated rings. The number of amides is 1. The van der Waals surface area contributed by atoms with E-state index in [9.17, 15) is 9.18 Å². The average molecular weight is 383 g/mol. The molecule has 1 N–H and O–H groups in total. The molecule has 0 unspecified atom stereocenters. The van der Waals surface area contributed by atoms with Crippen molar-refractivity contribution in [2.75, 3.05) is 20.3 Å². The van der Waals surface area contributed by atoms with Gasteiger partial charge in [0.25, 0.3) is 5.91 Å². The van der Waals surface area contributed by atoms with Crippen molar-refractivity contribution >= 4 is 11.5 Å². The summed E-state index contributed by atoms with van der Waals surface area (Å²) in [7, 11) is 1.54. The van der Waals surface area contributed by atoms with E-state index in [2.05, 4.69) is 11.4 Å². The van der Waals surface area contributed by atoms with Crippen LogP contribution in [0.4, 0.5) is 4.39 Å². The van der Waals surface area contributed by atoms with E-state index in [1.165, 1.54) is 24.8 Å². The standard InChI is InChI=1S/C22H22FNO4/c1-26-19-12-16(13-20-21(19)28-11-10-27-20)22(25)24-18-8-4-15(5-9-18)14-2-6-17(23)7-3-14/h2-4,6-7,12-13,18H,5,8-11H2,1H3,(H,24,25)/t18-/m0/s1. The Balaban J connectivity index is 1.44. The number of carbonyl (C=O) groups is 1. The van der Waals surface area contributed by atoms with Crippen LogP contribution < -0.4 is 19.5 Å². The summed E-state index contributed by atoms with van der Waals surface area (Å²) < 4.78 is 29.6. The summed E-state index contributed by atoms with van der Waals surface area (Å²) >= 11 is 0. The van der Waals surface area contributed by atoms with Crippen LogP contribution in [-0.4, -0.2) is 32.3 Å². The summed E-state index contributed by atoms with van der Waals surface area (Å²) in [6.45, 7) is 0.903. The zero-order valence-corrected chi connectivity index (χ0v) is 15.7. The van der Waals surface area contributed by atoms with Crippen LogP contribution in [0.1, 0.15) is 35.2 Å². The lowest BCUT2D eigenvalue weighted by Crippen LogP contribution is -2.35. The highest BCUT2D eigenvalue weighted by Gasteiger charge is 2.23. The van der Waals surface area contributed by atoms with Gasteiger partial charge in [0.1, 0.15) is 19.0 Å². The van der Waals surface area contributed by atoms with Gasteiger partial charge in [0.05, 0.1) is 7.11 Å². The maximum Gasteiger partial charge on any atom is 0.251 e. The van der Waals surface area contributed by atoms with Crippen molar-refractivity contribution in [3.63, 3.8) is 0 Å². The fourth-order valence-corrected chi connectivity index (χ4v) is 3.56. The number of halogens is 1. The maximum atomic E-state index is 13.1. The quantitative estimate of drug-likeness (QED) is 0.868. The first-order valence-corrected chi connectivity index (χ1v) is 9.37. The third kappa shape index (κ3) is 3.81.